The number of phenols is 2. The fraction of sp³-hybridized carbons (Fsp3) is 0.444. The molecule has 0 aliphatic heterocycles. The minimum atomic E-state index is -0.499. The molecule has 3 heteroatoms. The molecule has 2 N–H and O–H groups in total. The Morgan fingerprint density at radius 3 is 2.00 bits per heavy atom. The number of fused-ring (bicyclic) bond motifs is 1. The summed E-state index contributed by atoms with van der Waals surface area (Å²) < 4.78 is 0. The van der Waals surface area contributed by atoms with Crippen LogP contribution in [0.5, 0.6) is 11.5 Å². The lowest BCUT2D eigenvalue weighted by molar-refractivity contribution is 0.473. The molecule has 2 unspecified atom stereocenters. The van der Waals surface area contributed by atoms with Crippen LogP contribution in [0.2, 0.25) is 0 Å². The van der Waals surface area contributed by atoms with E-state index in [2.05, 4.69) is 27.7 Å². The molecule has 114 valence electrons. The highest BCUT2D eigenvalue weighted by atomic mass is 31.1. The zero-order valence-corrected chi connectivity index (χ0v) is 14.2. The Hall–Kier alpha value is -1.27. The van der Waals surface area contributed by atoms with Crippen molar-refractivity contribution in [1.29, 1.82) is 0 Å². The van der Waals surface area contributed by atoms with E-state index in [0.717, 1.165) is 28.9 Å². The molecule has 0 aliphatic rings. The van der Waals surface area contributed by atoms with Crippen molar-refractivity contribution in [3.8, 4) is 11.5 Å². The van der Waals surface area contributed by atoms with Crippen LogP contribution in [-0.2, 0) is 0 Å². The van der Waals surface area contributed by atoms with E-state index in [0.29, 0.717) is 17.1 Å². The van der Waals surface area contributed by atoms with E-state index in [9.17, 15) is 10.2 Å². The fourth-order valence-corrected chi connectivity index (χ4v) is 6.07. The molecular weight excluding hydrogens is 279 g/mol. The first kappa shape index (κ1) is 16.1. The molecule has 0 fully saturated rings. The maximum Gasteiger partial charge on any atom is 0.131 e. The van der Waals surface area contributed by atoms with Crippen molar-refractivity contribution in [2.45, 2.75) is 51.9 Å². The molecule has 0 saturated heterocycles. The highest BCUT2D eigenvalue weighted by molar-refractivity contribution is 7.67. The molecule has 2 rings (SSSR count). The van der Waals surface area contributed by atoms with Crippen molar-refractivity contribution in [2.75, 3.05) is 0 Å². The molecule has 2 nitrogen and oxygen atoms in total. The van der Waals surface area contributed by atoms with Gasteiger partial charge in [-0.1, -0.05) is 59.9 Å². The summed E-state index contributed by atoms with van der Waals surface area (Å²) in [6, 6.07) is 9.31. The van der Waals surface area contributed by atoms with Crippen LogP contribution in [0, 0.1) is 0 Å². The Bertz CT molecular complexity index is 614. The van der Waals surface area contributed by atoms with Crippen LogP contribution in [0.1, 0.15) is 40.5 Å². The van der Waals surface area contributed by atoms with Crippen molar-refractivity contribution in [3.05, 3.63) is 30.3 Å². The quantitative estimate of drug-likeness (QED) is 0.606. The number of aromatic hydroxyl groups is 2. The van der Waals surface area contributed by atoms with Crippen LogP contribution in [0.3, 0.4) is 0 Å². The van der Waals surface area contributed by atoms with Crippen molar-refractivity contribution in [2.24, 2.45) is 0 Å². The topological polar surface area (TPSA) is 40.5 Å². The predicted molar refractivity (Wildman–Crippen MR) is 93.3 cm³/mol. The number of benzene rings is 2. The van der Waals surface area contributed by atoms with Crippen LogP contribution in [-0.4, -0.2) is 21.5 Å². The van der Waals surface area contributed by atoms with Gasteiger partial charge in [-0.15, -0.1) is 0 Å². The molecule has 0 spiro atoms. The molecule has 21 heavy (non-hydrogen) atoms. The molecule has 0 aromatic heterocycles. The average Bonchev–Trinajstić information content (AvgIpc) is 2.51. The third kappa shape index (κ3) is 3.01. The summed E-state index contributed by atoms with van der Waals surface area (Å²) in [4.78, 5) is 0. The second kappa shape index (κ2) is 6.66. The third-order valence-corrected chi connectivity index (χ3v) is 7.91. The van der Waals surface area contributed by atoms with Crippen LogP contribution in [0.15, 0.2) is 30.3 Å². The van der Waals surface area contributed by atoms with Gasteiger partial charge in [-0.05, 0) is 30.2 Å². The first-order valence-corrected chi connectivity index (χ1v) is 9.21. The van der Waals surface area contributed by atoms with Crippen LogP contribution in [0.4, 0.5) is 0 Å². The van der Waals surface area contributed by atoms with E-state index < -0.39 is 7.92 Å². The summed E-state index contributed by atoms with van der Waals surface area (Å²) >= 11 is 0. The molecule has 2 aromatic rings. The SMILES string of the molecule is CCC(C)P(c1cc(O)c2ccccc2c1O)C(C)CC. The van der Waals surface area contributed by atoms with Crippen molar-refractivity contribution in [3.63, 3.8) is 0 Å². The molecule has 2 atom stereocenters. The Morgan fingerprint density at radius 2 is 1.48 bits per heavy atom. The molecule has 0 heterocycles. The predicted octanol–water partition coefficient (Wildman–Crippen LogP) is 4.96. The summed E-state index contributed by atoms with van der Waals surface area (Å²) in [6.45, 7) is 8.90. The van der Waals surface area contributed by atoms with E-state index in [1.807, 2.05) is 24.3 Å². The highest BCUT2D eigenvalue weighted by Crippen LogP contribution is 2.51. The first-order chi connectivity index (χ1) is 10.0. The second-order valence-electron chi connectivity index (χ2n) is 5.73. The minimum Gasteiger partial charge on any atom is -0.507 e. The van der Waals surface area contributed by atoms with Crippen molar-refractivity contribution < 1.29 is 10.2 Å². The summed E-state index contributed by atoms with van der Waals surface area (Å²) in [5, 5.41) is 23.5. The molecule has 0 saturated carbocycles. The van der Waals surface area contributed by atoms with Crippen LogP contribution in [0.25, 0.3) is 10.8 Å². The monoisotopic (exact) mass is 304 g/mol. The Kier molecular flexibility index (Phi) is 5.11. The van der Waals surface area contributed by atoms with Crippen molar-refractivity contribution in [1.82, 2.24) is 0 Å². The van der Waals surface area contributed by atoms with Gasteiger partial charge >= 0.3 is 0 Å². The first-order valence-electron chi connectivity index (χ1n) is 7.73. The number of hydrogen-bond donors (Lipinski definition) is 2. The van der Waals surface area contributed by atoms with E-state index in [1.54, 1.807) is 6.07 Å². The molecule has 0 amide bonds. The number of hydrogen-bond acceptors (Lipinski definition) is 2. The molecule has 0 aliphatic carbocycles. The lowest BCUT2D eigenvalue weighted by atomic mass is 10.1. The molecule has 0 bridgehead atoms. The third-order valence-electron chi connectivity index (χ3n) is 4.38. The fourth-order valence-electron chi connectivity index (χ4n) is 2.83. The largest absolute Gasteiger partial charge is 0.507 e. The summed E-state index contributed by atoms with van der Waals surface area (Å²) in [7, 11) is -0.499. The highest BCUT2D eigenvalue weighted by Gasteiger charge is 2.27. The van der Waals surface area contributed by atoms with Gasteiger partial charge in [0.05, 0.1) is 0 Å². The van der Waals surface area contributed by atoms with Crippen LogP contribution < -0.4 is 5.30 Å². The van der Waals surface area contributed by atoms with Crippen LogP contribution >= 0.6 is 7.92 Å². The second-order valence-corrected chi connectivity index (χ2v) is 8.79. The smallest absolute Gasteiger partial charge is 0.131 e. The van der Waals surface area contributed by atoms with Gasteiger partial charge in [-0.3, -0.25) is 0 Å². The van der Waals surface area contributed by atoms with Gasteiger partial charge < -0.3 is 10.2 Å². The van der Waals surface area contributed by atoms with Gasteiger partial charge in [0.15, 0.2) is 0 Å². The maximum absolute atomic E-state index is 10.7. The summed E-state index contributed by atoms with van der Waals surface area (Å²) in [5.41, 5.74) is 1.06. The van der Waals surface area contributed by atoms with Gasteiger partial charge in [0.2, 0.25) is 0 Å². The minimum absolute atomic E-state index is 0.275. The lowest BCUT2D eigenvalue weighted by Gasteiger charge is -2.30. The molecule has 0 radical (unpaired) electrons. The summed E-state index contributed by atoms with van der Waals surface area (Å²) in [5.74, 6) is 0.632. The van der Waals surface area contributed by atoms with E-state index in [1.165, 1.54) is 0 Å². The van der Waals surface area contributed by atoms with Crippen molar-refractivity contribution >= 4 is 24.0 Å². The number of phenolic OH excluding ortho intramolecular Hbond substituents is 2. The van der Waals surface area contributed by atoms with Gasteiger partial charge in [-0.25, -0.2) is 0 Å². The zero-order valence-electron chi connectivity index (χ0n) is 13.3. The van der Waals surface area contributed by atoms with Gasteiger partial charge in [-0.2, -0.15) is 0 Å². The van der Waals surface area contributed by atoms with E-state index in [-0.39, 0.29) is 5.75 Å². The maximum atomic E-state index is 10.7. The molecule has 2 aromatic carbocycles. The molecular formula is C18H25O2P. The van der Waals surface area contributed by atoms with E-state index in [4.69, 9.17) is 0 Å². The number of rotatable bonds is 5. The Labute approximate surface area is 128 Å². The Morgan fingerprint density at radius 1 is 0.952 bits per heavy atom. The Balaban J connectivity index is 2.65. The van der Waals surface area contributed by atoms with Gasteiger partial charge in [0.25, 0.3) is 0 Å². The van der Waals surface area contributed by atoms with E-state index >= 15 is 0 Å². The van der Waals surface area contributed by atoms with Gasteiger partial charge in [0, 0.05) is 16.1 Å². The standard InChI is InChI=1S/C18H25O2P/c1-5-12(3)21(13(4)6-2)17-11-16(19)14-9-7-8-10-15(14)18(17)20/h7-13,19-20H,5-6H2,1-4H3. The normalized spacial score (nSPS) is 15.8. The lowest BCUT2D eigenvalue weighted by Crippen LogP contribution is -2.18. The van der Waals surface area contributed by atoms with Gasteiger partial charge in [0.1, 0.15) is 11.5 Å². The zero-order chi connectivity index (χ0) is 15.6. The average molecular weight is 304 g/mol. The summed E-state index contributed by atoms with van der Waals surface area (Å²) in [6.07, 6.45) is 2.17.